The first-order valence-electron chi connectivity index (χ1n) is 10.9. The third-order valence-corrected chi connectivity index (χ3v) is 5.70. The van der Waals surface area contributed by atoms with Crippen LogP contribution in [0.4, 0.5) is 4.79 Å². The molecule has 176 valence electrons. The number of halogens is 2. The summed E-state index contributed by atoms with van der Waals surface area (Å²) in [4.78, 5) is 25.5. The van der Waals surface area contributed by atoms with E-state index in [9.17, 15) is 14.7 Å². The van der Waals surface area contributed by atoms with Crippen LogP contribution in [0.15, 0.2) is 12.1 Å². The Balaban J connectivity index is 0.000000343. The molecule has 2 rings (SSSR count). The monoisotopic (exact) mass is 474 g/mol. The topological polar surface area (TPSA) is 70.1 Å². The lowest BCUT2D eigenvalue weighted by Gasteiger charge is -2.23. The van der Waals surface area contributed by atoms with Crippen LogP contribution >= 0.6 is 23.2 Å². The summed E-state index contributed by atoms with van der Waals surface area (Å²) in [6.07, 6.45) is 6.46. The van der Waals surface area contributed by atoms with Crippen LogP contribution in [0, 0.1) is 0 Å². The average Bonchev–Trinajstić information content (AvgIpc) is 3.24. The molecule has 0 saturated carbocycles. The minimum absolute atomic E-state index is 0.167. The highest BCUT2D eigenvalue weighted by Crippen LogP contribution is 2.33. The molecule has 1 N–H and O–H groups in total. The Hall–Kier alpha value is -1.66. The normalized spacial score (nSPS) is 13.4. The summed E-state index contributed by atoms with van der Waals surface area (Å²) in [5.41, 5.74) is 0.344. The standard InChI is InChI=1S/C14H19Cl2NO2.C9H17NO2/c1-2-17(10-18)9-5-3-4-6-11-13(19)8-7-12(15)14(11)16;1-9(2,3)12-8(11)10-6-4-5-7-10/h7-8,10,19H,2-6,9H2,1H3;4-7H2,1-3H3. The van der Waals surface area contributed by atoms with Gasteiger partial charge in [0.15, 0.2) is 0 Å². The number of carbonyl (C=O) groups is 2. The van der Waals surface area contributed by atoms with Crippen molar-refractivity contribution in [3.63, 3.8) is 0 Å². The molecular formula is C23H36Cl2N2O4. The fourth-order valence-electron chi connectivity index (χ4n) is 3.13. The van der Waals surface area contributed by atoms with Crippen molar-refractivity contribution in [3.05, 3.63) is 27.7 Å². The van der Waals surface area contributed by atoms with Gasteiger partial charge in [-0.15, -0.1) is 0 Å². The number of benzene rings is 1. The molecule has 0 spiro atoms. The van der Waals surface area contributed by atoms with E-state index in [1.165, 1.54) is 0 Å². The number of hydrogen-bond donors (Lipinski definition) is 1. The van der Waals surface area contributed by atoms with Crippen LogP contribution in [0.3, 0.4) is 0 Å². The maximum atomic E-state index is 11.4. The van der Waals surface area contributed by atoms with Gasteiger partial charge in [0.25, 0.3) is 0 Å². The van der Waals surface area contributed by atoms with Crippen LogP contribution in [-0.2, 0) is 16.0 Å². The highest BCUT2D eigenvalue weighted by atomic mass is 35.5. The first-order chi connectivity index (χ1) is 14.6. The number of carbonyl (C=O) groups excluding carboxylic acids is 2. The molecule has 0 atom stereocenters. The molecule has 0 radical (unpaired) electrons. The van der Waals surface area contributed by atoms with Crippen molar-refractivity contribution in [2.24, 2.45) is 0 Å². The number of rotatable bonds is 8. The van der Waals surface area contributed by atoms with Crippen molar-refractivity contribution >= 4 is 35.7 Å². The lowest BCUT2D eigenvalue weighted by molar-refractivity contribution is -0.118. The smallest absolute Gasteiger partial charge is 0.410 e. The Bertz CT molecular complexity index is 702. The van der Waals surface area contributed by atoms with E-state index in [0.29, 0.717) is 22.0 Å². The van der Waals surface area contributed by atoms with E-state index in [2.05, 4.69) is 0 Å². The van der Waals surface area contributed by atoms with Crippen LogP contribution in [0.1, 0.15) is 65.4 Å². The van der Waals surface area contributed by atoms with Gasteiger partial charge in [0.05, 0.1) is 10.0 Å². The number of ether oxygens (including phenoxy) is 1. The fraction of sp³-hybridized carbons (Fsp3) is 0.652. The number of hydrogen-bond acceptors (Lipinski definition) is 4. The van der Waals surface area contributed by atoms with Gasteiger partial charge in [-0.2, -0.15) is 0 Å². The largest absolute Gasteiger partial charge is 0.508 e. The number of phenolic OH excluding ortho intramolecular Hbond substituents is 1. The third kappa shape index (κ3) is 10.5. The van der Waals surface area contributed by atoms with Crippen molar-refractivity contribution in [1.82, 2.24) is 9.80 Å². The van der Waals surface area contributed by atoms with Gasteiger partial charge >= 0.3 is 6.09 Å². The van der Waals surface area contributed by atoms with Crippen LogP contribution in [0.5, 0.6) is 5.75 Å². The average molecular weight is 475 g/mol. The van der Waals surface area contributed by atoms with E-state index >= 15 is 0 Å². The molecule has 0 aliphatic carbocycles. The van der Waals surface area contributed by atoms with Crippen molar-refractivity contribution < 1.29 is 19.4 Å². The summed E-state index contributed by atoms with van der Waals surface area (Å²) in [6, 6.07) is 3.15. The lowest BCUT2D eigenvalue weighted by Crippen LogP contribution is -2.34. The molecule has 1 aliphatic heterocycles. The van der Waals surface area contributed by atoms with Gasteiger partial charge in [-0.1, -0.05) is 29.6 Å². The molecule has 1 fully saturated rings. The minimum Gasteiger partial charge on any atom is -0.508 e. The first kappa shape index (κ1) is 27.4. The molecule has 0 unspecified atom stereocenters. The van der Waals surface area contributed by atoms with Gasteiger partial charge in [0.2, 0.25) is 6.41 Å². The molecule has 8 heteroatoms. The molecule has 1 heterocycles. The molecule has 1 aromatic carbocycles. The summed E-state index contributed by atoms with van der Waals surface area (Å²) >= 11 is 12.0. The molecule has 6 nitrogen and oxygen atoms in total. The Morgan fingerprint density at radius 2 is 1.84 bits per heavy atom. The van der Waals surface area contributed by atoms with Crippen molar-refractivity contribution in [2.75, 3.05) is 26.2 Å². The predicted molar refractivity (Wildman–Crippen MR) is 126 cm³/mol. The Labute approximate surface area is 196 Å². The number of aromatic hydroxyl groups is 1. The Morgan fingerprint density at radius 1 is 1.19 bits per heavy atom. The SMILES string of the molecule is CC(C)(C)OC(=O)N1CCCC1.CCN(C=O)CCCCCc1c(O)ccc(Cl)c1Cl. The highest BCUT2D eigenvalue weighted by molar-refractivity contribution is 6.42. The second-order valence-corrected chi connectivity index (χ2v) is 9.36. The van der Waals surface area contributed by atoms with Gasteiger partial charge < -0.3 is 19.6 Å². The molecule has 31 heavy (non-hydrogen) atoms. The number of unbranched alkanes of at least 4 members (excludes halogenated alkanes) is 2. The summed E-state index contributed by atoms with van der Waals surface area (Å²) in [5, 5.41) is 10.6. The summed E-state index contributed by atoms with van der Waals surface area (Å²) in [6.45, 7) is 10.9. The second-order valence-electron chi connectivity index (χ2n) is 8.58. The van der Waals surface area contributed by atoms with Crippen LogP contribution < -0.4 is 0 Å². The third-order valence-electron chi connectivity index (χ3n) is 4.86. The summed E-state index contributed by atoms with van der Waals surface area (Å²) < 4.78 is 5.21. The molecule has 1 aromatic rings. The highest BCUT2D eigenvalue weighted by Gasteiger charge is 2.23. The second kappa shape index (κ2) is 13.7. The van der Waals surface area contributed by atoms with Gasteiger partial charge in [-0.3, -0.25) is 4.79 Å². The van der Waals surface area contributed by atoms with Gasteiger partial charge in [-0.25, -0.2) is 4.79 Å². The van der Waals surface area contributed by atoms with E-state index in [-0.39, 0.29) is 17.4 Å². The Kier molecular flexibility index (Phi) is 12.1. The fourth-order valence-corrected chi connectivity index (χ4v) is 3.56. The van der Waals surface area contributed by atoms with E-state index in [4.69, 9.17) is 27.9 Å². The first-order valence-corrected chi connectivity index (χ1v) is 11.7. The quantitative estimate of drug-likeness (QED) is 0.375. The molecule has 0 aromatic heterocycles. The predicted octanol–water partition coefficient (Wildman–Crippen LogP) is 5.91. The van der Waals surface area contributed by atoms with Gasteiger partial charge in [0.1, 0.15) is 11.4 Å². The molecule has 1 aliphatic rings. The Morgan fingerprint density at radius 3 is 2.39 bits per heavy atom. The number of nitrogens with zero attached hydrogens (tertiary/aromatic N) is 2. The number of amides is 2. The van der Waals surface area contributed by atoms with Crippen LogP contribution in [0.2, 0.25) is 10.0 Å². The van der Waals surface area contributed by atoms with E-state index in [1.807, 2.05) is 27.7 Å². The van der Waals surface area contributed by atoms with E-state index in [0.717, 1.165) is 64.7 Å². The molecule has 2 amide bonds. The van der Waals surface area contributed by atoms with Crippen molar-refractivity contribution in [2.45, 2.75) is 71.8 Å². The molecular weight excluding hydrogens is 439 g/mol. The van der Waals surface area contributed by atoms with Crippen molar-refractivity contribution in [3.8, 4) is 5.75 Å². The zero-order valence-corrected chi connectivity index (χ0v) is 20.6. The van der Waals surface area contributed by atoms with Gasteiger partial charge in [0, 0.05) is 31.7 Å². The lowest BCUT2D eigenvalue weighted by atomic mass is 10.1. The maximum Gasteiger partial charge on any atom is 0.410 e. The molecule has 0 bridgehead atoms. The zero-order chi connectivity index (χ0) is 23.4. The molecule has 1 saturated heterocycles. The van der Waals surface area contributed by atoms with E-state index < -0.39 is 0 Å². The number of likely N-dealkylation sites (tertiary alicyclic amines) is 1. The van der Waals surface area contributed by atoms with E-state index in [1.54, 1.807) is 21.9 Å². The summed E-state index contributed by atoms with van der Waals surface area (Å²) in [5.74, 6) is 0.192. The summed E-state index contributed by atoms with van der Waals surface area (Å²) in [7, 11) is 0. The van der Waals surface area contributed by atoms with Crippen LogP contribution in [-0.4, -0.2) is 59.2 Å². The maximum absolute atomic E-state index is 11.4. The van der Waals surface area contributed by atoms with Gasteiger partial charge in [-0.05, 0) is 71.9 Å². The number of phenols is 1. The van der Waals surface area contributed by atoms with Crippen LogP contribution in [0.25, 0.3) is 0 Å². The van der Waals surface area contributed by atoms with Crippen molar-refractivity contribution in [1.29, 1.82) is 0 Å². The minimum atomic E-state index is -0.361. The zero-order valence-electron chi connectivity index (χ0n) is 19.1.